The maximum Gasteiger partial charge on any atom is 0.257 e. The predicted molar refractivity (Wildman–Crippen MR) is 109 cm³/mol. The standard InChI is InChI=1S/C23H21N3O3/c1-25-20-5-3-2-4-19(20)24-22(25)14-26(23(27)18-8-10-28-15-18)13-16-6-7-21-17(12-16)9-11-29-21/h2-8,10,12,15H,9,11,13-14H2,1H3. The number of carbonyl (C=O) groups excluding carboxylic acids is 1. The summed E-state index contributed by atoms with van der Waals surface area (Å²) in [5, 5.41) is 0. The summed E-state index contributed by atoms with van der Waals surface area (Å²) in [6, 6.07) is 15.8. The van der Waals surface area contributed by atoms with Crippen LogP contribution in [0.1, 0.15) is 27.3 Å². The van der Waals surface area contributed by atoms with Crippen molar-refractivity contribution in [2.24, 2.45) is 7.05 Å². The van der Waals surface area contributed by atoms with E-state index in [-0.39, 0.29) is 5.91 Å². The Labute approximate surface area is 168 Å². The van der Waals surface area contributed by atoms with E-state index in [1.807, 2.05) is 52.9 Å². The summed E-state index contributed by atoms with van der Waals surface area (Å²) in [7, 11) is 1.98. The molecule has 0 N–H and O–H groups in total. The smallest absolute Gasteiger partial charge is 0.257 e. The van der Waals surface area contributed by atoms with Crippen molar-refractivity contribution in [3.63, 3.8) is 0 Å². The Kier molecular flexibility index (Phi) is 4.31. The van der Waals surface area contributed by atoms with E-state index < -0.39 is 0 Å². The zero-order valence-corrected chi connectivity index (χ0v) is 16.2. The highest BCUT2D eigenvalue weighted by Crippen LogP contribution is 2.27. The van der Waals surface area contributed by atoms with Crippen LogP contribution in [0.25, 0.3) is 11.0 Å². The molecule has 0 spiro atoms. The van der Waals surface area contributed by atoms with Crippen molar-refractivity contribution in [3.8, 4) is 5.75 Å². The number of aryl methyl sites for hydroxylation is 1. The number of fused-ring (bicyclic) bond motifs is 2. The van der Waals surface area contributed by atoms with Gasteiger partial charge in [-0.2, -0.15) is 0 Å². The summed E-state index contributed by atoms with van der Waals surface area (Å²) in [5.74, 6) is 1.70. The van der Waals surface area contributed by atoms with Crippen molar-refractivity contribution in [1.29, 1.82) is 0 Å². The Bertz CT molecular complexity index is 1180. The summed E-state index contributed by atoms with van der Waals surface area (Å²) in [5.41, 5.74) is 4.78. The SMILES string of the molecule is Cn1c(CN(Cc2ccc3c(c2)CCO3)C(=O)c2ccoc2)nc2ccccc21. The molecule has 0 unspecified atom stereocenters. The molecule has 0 saturated carbocycles. The summed E-state index contributed by atoms with van der Waals surface area (Å²) in [6.45, 7) is 1.61. The van der Waals surface area contributed by atoms with E-state index in [1.54, 1.807) is 6.07 Å². The van der Waals surface area contributed by atoms with Gasteiger partial charge in [-0.05, 0) is 35.4 Å². The number of rotatable bonds is 5. The highest BCUT2D eigenvalue weighted by molar-refractivity contribution is 5.93. The minimum Gasteiger partial charge on any atom is -0.493 e. The van der Waals surface area contributed by atoms with E-state index in [2.05, 4.69) is 6.07 Å². The van der Waals surface area contributed by atoms with Gasteiger partial charge in [0, 0.05) is 20.0 Å². The predicted octanol–water partition coefficient (Wildman–Crippen LogP) is 3.94. The van der Waals surface area contributed by atoms with Crippen LogP contribution in [0.5, 0.6) is 5.75 Å². The van der Waals surface area contributed by atoms with Gasteiger partial charge in [0.2, 0.25) is 0 Å². The molecule has 0 fully saturated rings. The van der Waals surface area contributed by atoms with Gasteiger partial charge >= 0.3 is 0 Å². The third kappa shape index (κ3) is 3.27. The van der Waals surface area contributed by atoms with E-state index in [4.69, 9.17) is 14.1 Å². The first-order valence-electron chi connectivity index (χ1n) is 9.65. The summed E-state index contributed by atoms with van der Waals surface area (Å²) >= 11 is 0. The van der Waals surface area contributed by atoms with Crippen LogP contribution in [0.3, 0.4) is 0 Å². The summed E-state index contributed by atoms with van der Waals surface area (Å²) < 4.78 is 12.8. The molecule has 4 aromatic rings. The second kappa shape index (κ2) is 7.13. The molecule has 1 aliphatic rings. The quantitative estimate of drug-likeness (QED) is 0.520. The van der Waals surface area contributed by atoms with Crippen LogP contribution in [0.2, 0.25) is 0 Å². The van der Waals surface area contributed by atoms with Gasteiger partial charge in [-0.3, -0.25) is 4.79 Å². The lowest BCUT2D eigenvalue weighted by Gasteiger charge is -2.22. The lowest BCUT2D eigenvalue weighted by molar-refractivity contribution is 0.0723. The molecule has 0 aliphatic carbocycles. The first-order chi connectivity index (χ1) is 14.2. The first-order valence-corrected chi connectivity index (χ1v) is 9.65. The third-order valence-electron chi connectivity index (χ3n) is 5.39. The number of furan rings is 1. The molecule has 29 heavy (non-hydrogen) atoms. The third-order valence-corrected chi connectivity index (χ3v) is 5.39. The van der Waals surface area contributed by atoms with Crippen molar-refractivity contribution < 1.29 is 13.9 Å². The minimum absolute atomic E-state index is 0.0810. The van der Waals surface area contributed by atoms with Crippen LogP contribution >= 0.6 is 0 Å². The van der Waals surface area contributed by atoms with Gasteiger partial charge in [-0.1, -0.05) is 24.3 Å². The Hall–Kier alpha value is -3.54. The Morgan fingerprint density at radius 1 is 1.17 bits per heavy atom. The second-order valence-corrected chi connectivity index (χ2v) is 7.29. The molecular formula is C23H21N3O3. The lowest BCUT2D eigenvalue weighted by atomic mass is 10.1. The highest BCUT2D eigenvalue weighted by atomic mass is 16.5. The summed E-state index contributed by atoms with van der Waals surface area (Å²) in [6.07, 6.45) is 3.91. The van der Waals surface area contributed by atoms with Crippen LogP contribution in [-0.4, -0.2) is 27.0 Å². The molecule has 2 aromatic carbocycles. The van der Waals surface area contributed by atoms with Crippen LogP contribution < -0.4 is 4.74 Å². The molecule has 6 heteroatoms. The topological polar surface area (TPSA) is 60.5 Å². The van der Waals surface area contributed by atoms with Crippen LogP contribution in [-0.2, 0) is 26.6 Å². The Morgan fingerprint density at radius 3 is 2.90 bits per heavy atom. The number of benzene rings is 2. The number of hydrogen-bond acceptors (Lipinski definition) is 4. The molecule has 0 radical (unpaired) electrons. The van der Waals surface area contributed by atoms with Crippen molar-refractivity contribution in [1.82, 2.24) is 14.5 Å². The molecule has 6 nitrogen and oxygen atoms in total. The molecule has 1 amide bonds. The molecule has 2 aromatic heterocycles. The molecule has 0 bridgehead atoms. The van der Waals surface area contributed by atoms with Gasteiger partial charge in [0.15, 0.2) is 0 Å². The van der Waals surface area contributed by atoms with Gasteiger partial charge in [0.05, 0.1) is 36.0 Å². The average Bonchev–Trinajstić information content (AvgIpc) is 3.48. The van der Waals surface area contributed by atoms with E-state index in [0.29, 0.717) is 18.7 Å². The molecular weight excluding hydrogens is 366 g/mol. The molecule has 0 saturated heterocycles. The van der Waals surface area contributed by atoms with E-state index in [9.17, 15) is 4.79 Å². The normalized spacial score (nSPS) is 12.7. The fourth-order valence-corrected chi connectivity index (χ4v) is 3.83. The van der Waals surface area contributed by atoms with E-state index >= 15 is 0 Å². The Balaban J connectivity index is 1.48. The monoisotopic (exact) mass is 387 g/mol. The minimum atomic E-state index is -0.0810. The first kappa shape index (κ1) is 17.6. The number of aromatic nitrogens is 2. The zero-order valence-electron chi connectivity index (χ0n) is 16.2. The van der Waals surface area contributed by atoms with Crippen molar-refractivity contribution >= 4 is 16.9 Å². The molecule has 3 heterocycles. The number of ether oxygens (including phenoxy) is 1. The van der Waals surface area contributed by atoms with Gasteiger partial charge in [0.1, 0.15) is 17.8 Å². The maximum atomic E-state index is 13.2. The maximum absolute atomic E-state index is 13.2. The van der Waals surface area contributed by atoms with Crippen molar-refractivity contribution in [2.75, 3.05) is 6.61 Å². The molecule has 0 atom stereocenters. The number of hydrogen-bond donors (Lipinski definition) is 0. The fourth-order valence-electron chi connectivity index (χ4n) is 3.83. The largest absolute Gasteiger partial charge is 0.493 e. The number of carbonyl (C=O) groups is 1. The highest BCUT2D eigenvalue weighted by Gasteiger charge is 2.21. The van der Waals surface area contributed by atoms with Gasteiger partial charge in [-0.15, -0.1) is 0 Å². The lowest BCUT2D eigenvalue weighted by Crippen LogP contribution is -2.31. The fraction of sp³-hybridized carbons (Fsp3) is 0.217. The second-order valence-electron chi connectivity index (χ2n) is 7.29. The van der Waals surface area contributed by atoms with Gasteiger partial charge in [-0.25, -0.2) is 4.98 Å². The van der Waals surface area contributed by atoms with Crippen LogP contribution in [0.15, 0.2) is 65.5 Å². The number of para-hydroxylation sites is 2. The number of nitrogens with zero attached hydrogens (tertiary/aromatic N) is 3. The van der Waals surface area contributed by atoms with Crippen LogP contribution in [0, 0.1) is 0 Å². The molecule has 1 aliphatic heterocycles. The zero-order chi connectivity index (χ0) is 19.8. The van der Waals surface area contributed by atoms with Crippen molar-refractivity contribution in [3.05, 3.63) is 83.6 Å². The van der Waals surface area contributed by atoms with E-state index in [0.717, 1.165) is 41.2 Å². The van der Waals surface area contributed by atoms with Gasteiger partial charge in [0.25, 0.3) is 5.91 Å². The van der Waals surface area contributed by atoms with Crippen LogP contribution in [0.4, 0.5) is 0 Å². The van der Waals surface area contributed by atoms with Gasteiger partial charge < -0.3 is 18.6 Å². The summed E-state index contributed by atoms with van der Waals surface area (Å²) in [4.78, 5) is 19.7. The molecule has 5 rings (SSSR count). The average molecular weight is 387 g/mol. The number of amides is 1. The Morgan fingerprint density at radius 2 is 2.07 bits per heavy atom. The number of imidazole rings is 1. The van der Waals surface area contributed by atoms with Crippen molar-refractivity contribution in [2.45, 2.75) is 19.5 Å². The molecule has 146 valence electrons. The van der Waals surface area contributed by atoms with E-state index in [1.165, 1.54) is 18.1 Å².